The van der Waals surface area contributed by atoms with E-state index in [1.807, 2.05) is 16.9 Å². The van der Waals surface area contributed by atoms with Crippen LogP contribution in [-0.2, 0) is 16.3 Å². The van der Waals surface area contributed by atoms with Crippen molar-refractivity contribution >= 4 is 9.84 Å². The lowest BCUT2D eigenvalue weighted by atomic mass is 9.84. The molecule has 114 valence electrons. The Bertz CT molecular complexity index is 653. The minimum absolute atomic E-state index is 0.0210. The fourth-order valence-corrected chi connectivity index (χ4v) is 5.55. The van der Waals surface area contributed by atoms with Gasteiger partial charge in [-0.15, -0.1) is 0 Å². The van der Waals surface area contributed by atoms with Crippen molar-refractivity contribution in [1.82, 2.24) is 9.78 Å². The zero-order valence-electron chi connectivity index (χ0n) is 12.2. The summed E-state index contributed by atoms with van der Waals surface area (Å²) in [6, 6.07) is 4.66. The molecule has 0 bridgehead atoms. The van der Waals surface area contributed by atoms with E-state index in [0.29, 0.717) is 18.9 Å². The summed E-state index contributed by atoms with van der Waals surface area (Å²) in [4.78, 5) is 0. The first-order valence-corrected chi connectivity index (χ1v) is 9.50. The third-order valence-corrected chi connectivity index (χ3v) is 6.58. The van der Waals surface area contributed by atoms with Crippen LogP contribution >= 0.6 is 0 Å². The van der Waals surface area contributed by atoms with E-state index in [1.54, 1.807) is 0 Å². The molecule has 2 aliphatic rings. The lowest BCUT2D eigenvalue weighted by Gasteiger charge is -2.22. The number of nitrogens with zero attached hydrogens (tertiary/aromatic N) is 3. The Morgan fingerprint density at radius 2 is 2.14 bits per heavy atom. The van der Waals surface area contributed by atoms with Gasteiger partial charge in [0.25, 0.3) is 0 Å². The summed E-state index contributed by atoms with van der Waals surface area (Å²) in [7, 11) is -3.06. The molecule has 2 heterocycles. The van der Waals surface area contributed by atoms with Crippen LogP contribution in [0.3, 0.4) is 0 Å². The summed E-state index contributed by atoms with van der Waals surface area (Å²) >= 11 is 0. The molecule has 1 aliphatic heterocycles. The molecule has 1 aromatic heterocycles. The highest BCUT2D eigenvalue weighted by atomic mass is 32.2. The smallest absolute Gasteiger partial charge is 0.151 e. The normalized spacial score (nSPS) is 29.3. The fourth-order valence-electron chi connectivity index (χ4n) is 3.55. The van der Waals surface area contributed by atoms with Gasteiger partial charge in [-0.25, -0.2) is 8.42 Å². The summed E-state index contributed by atoms with van der Waals surface area (Å²) in [5.74, 6) is 0.108. The van der Waals surface area contributed by atoms with Crippen LogP contribution in [0, 0.1) is 16.7 Å². The summed E-state index contributed by atoms with van der Waals surface area (Å²) in [5, 5.41) is 14.0. The molecule has 0 N–H and O–H groups in total. The van der Waals surface area contributed by atoms with Gasteiger partial charge in [0.2, 0.25) is 0 Å². The van der Waals surface area contributed by atoms with Crippen LogP contribution in [0.2, 0.25) is 0 Å². The van der Waals surface area contributed by atoms with Gasteiger partial charge in [-0.2, -0.15) is 10.4 Å². The monoisotopic (exact) mass is 307 g/mol. The summed E-state index contributed by atoms with van der Waals surface area (Å²) in [6.07, 6.45) is 9.00. The van der Waals surface area contributed by atoms with Crippen molar-refractivity contribution in [3.8, 4) is 6.07 Å². The highest BCUT2D eigenvalue weighted by Crippen LogP contribution is 2.35. The van der Waals surface area contributed by atoms with E-state index in [9.17, 15) is 13.7 Å². The summed E-state index contributed by atoms with van der Waals surface area (Å²) in [5.41, 5.74) is 0.0733. The minimum atomic E-state index is -3.06. The van der Waals surface area contributed by atoms with E-state index >= 15 is 0 Å². The SMILES string of the molecule is N#CC1(Cc2ccn(C3CCCCC3)n2)CCS(=O)(=O)C1. The van der Waals surface area contributed by atoms with Crippen LogP contribution in [-0.4, -0.2) is 29.7 Å². The minimum Gasteiger partial charge on any atom is -0.269 e. The van der Waals surface area contributed by atoms with E-state index in [-0.39, 0.29) is 11.5 Å². The van der Waals surface area contributed by atoms with E-state index in [0.717, 1.165) is 5.69 Å². The maximum Gasteiger partial charge on any atom is 0.151 e. The Labute approximate surface area is 125 Å². The van der Waals surface area contributed by atoms with Crippen LogP contribution < -0.4 is 0 Å². The molecular formula is C15H21N3O2S. The topological polar surface area (TPSA) is 75.8 Å². The van der Waals surface area contributed by atoms with Crippen molar-refractivity contribution in [2.45, 2.75) is 51.0 Å². The van der Waals surface area contributed by atoms with Gasteiger partial charge in [0, 0.05) is 12.6 Å². The second-order valence-corrected chi connectivity index (χ2v) is 8.67. The van der Waals surface area contributed by atoms with Gasteiger partial charge in [0.05, 0.1) is 34.7 Å². The predicted molar refractivity (Wildman–Crippen MR) is 79.4 cm³/mol. The number of aromatic nitrogens is 2. The standard InChI is InChI=1S/C15H21N3O2S/c16-11-15(7-9-21(19,20)12-15)10-13-6-8-18(17-13)14-4-2-1-3-5-14/h6,8,14H,1-5,7,9-10,12H2. The van der Waals surface area contributed by atoms with E-state index in [2.05, 4.69) is 11.2 Å². The first-order valence-electron chi connectivity index (χ1n) is 7.68. The van der Waals surface area contributed by atoms with Crippen molar-refractivity contribution in [1.29, 1.82) is 5.26 Å². The molecule has 1 unspecified atom stereocenters. The highest BCUT2D eigenvalue weighted by Gasteiger charge is 2.43. The molecule has 1 atom stereocenters. The van der Waals surface area contributed by atoms with E-state index < -0.39 is 15.3 Å². The molecule has 2 fully saturated rings. The Hall–Kier alpha value is -1.35. The van der Waals surface area contributed by atoms with Gasteiger partial charge >= 0.3 is 0 Å². The van der Waals surface area contributed by atoms with Crippen LogP contribution in [0.15, 0.2) is 12.3 Å². The van der Waals surface area contributed by atoms with Crippen LogP contribution in [0.25, 0.3) is 0 Å². The molecule has 0 radical (unpaired) electrons. The lowest BCUT2D eigenvalue weighted by Crippen LogP contribution is -2.23. The Morgan fingerprint density at radius 3 is 2.76 bits per heavy atom. The largest absolute Gasteiger partial charge is 0.269 e. The lowest BCUT2D eigenvalue weighted by molar-refractivity contribution is 0.326. The molecule has 1 saturated carbocycles. The van der Waals surface area contributed by atoms with Crippen LogP contribution in [0.4, 0.5) is 0 Å². The number of sulfone groups is 1. The molecular weight excluding hydrogens is 286 g/mol. The average Bonchev–Trinajstić information content (AvgIpc) is 3.05. The molecule has 6 heteroatoms. The number of hydrogen-bond donors (Lipinski definition) is 0. The van der Waals surface area contributed by atoms with Crippen molar-refractivity contribution in [3.63, 3.8) is 0 Å². The molecule has 21 heavy (non-hydrogen) atoms. The molecule has 5 nitrogen and oxygen atoms in total. The van der Waals surface area contributed by atoms with Crippen LogP contribution in [0.1, 0.15) is 50.3 Å². The predicted octanol–water partition coefficient (Wildman–Crippen LogP) is 2.26. The maximum absolute atomic E-state index is 11.7. The first-order chi connectivity index (χ1) is 10.0. The third-order valence-electron chi connectivity index (χ3n) is 4.76. The second-order valence-electron chi connectivity index (χ2n) is 6.49. The highest BCUT2D eigenvalue weighted by molar-refractivity contribution is 7.91. The zero-order valence-corrected chi connectivity index (χ0v) is 13.0. The van der Waals surface area contributed by atoms with Gasteiger partial charge in [0.15, 0.2) is 9.84 Å². The number of hydrogen-bond acceptors (Lipinski definition) is 4. The Balaban J connectivity index is 1.73. The van der Waals surface area contributed by atoms with Crippen molar-refractivity contribution < 1.29 is 8.42 Å². The van der Waals surface area contributed by atoms with Gasteiger partial charge in [-0.3, -0.25) is 4.68 Å². The number of nitriles is 1. The molecule has 0 spiro atoms. The van der Waals surface area contributed by atoms with E-state index in [4.69, 9.17) is 0 Å². The molecule has 0 aromatic carbocycles. The van der Waals surface area contributed by atoms with Crippen molar-refractivity contribution in [2.24, 2.45) is 5.41 Å². The van der Waals surface area contributed by atoms with Crippen LogP contribution in [0.5, 0.6) is 0 Å². The summed E-state index contributed by atoms with van der Waals surface area (Å²) < 4.78 is 25.4. The molecule has 3 rings (SSSR count). The van der Waals surface area contributed by atoms with Gasteiger partial charge in [-0.05, 0) is 25.3 Å². The zero-order chi connectivity index (χ0) is 14.9. The molecule has 0 amide bonds. The van der Waals surface area contributed by atoms with E-state index in [1.165, 1.54) is 32.1 Å². The fraction of sp³-hybridized carbons (Fsp3) is 0.733. The van der Waals surface area contributed by atoms with Gasteiger partial charge < -0.3 is 0 Å². The number of rotatable bonds is 3. The second kappa shape index (κ2) is 5.45. The van der Waals surface area contributed by atoms with Crippen molar-refractivity contribution in [3.05, 3.63) is 18.0 Å². The summed E-state index contributed by atoms with van der Waals surface area (Å²) in [6.45, 7) is 0. The Kier molecular flexibility index (Phi) is 3.78. The maximum atomic E-state index is 11.7. The van der Waals surface area contributed by atoms with Crippen molar-refractivity contribution in [2.75, 3.05) is 11.5 Å². The van der Waals surface area contributed by atoms with Gasteiger partial charge in [0.1, 0.15) is 0 Å². The Morgan fingerprint density at radius 1 is 1.38 bits per heavy atom. The average molecular weight is 307 g/mol. The molecule has 1 saturated heterocycles. The molecule has 1 aliphatic carbocycles. The quantitative estimate of drug-likeness (QED) is 0.858. The third kappa shape index (κ3) is 3.13. The van der Waals surface area contributed by atoms with Gasteiger partial charge in [-0.1, -0.05) is 19.3 Å². The first kappa shape index (κ1) is 14.6. The molecule has 1 aromatic rings.